The summed E-state index contributed by atoms with van der Waals surface area (Å²) in [5, 5.41) is 32.5. The van der Waals surface area contributed by atoms with E-state index in [0.717, 1.165) is 37.7 Å². The van der Waals surface area contributed by atoms with Gasteiger partial charge in [-0.3, -0.25) is 0 Å². The Labute approximate surface area is 174 Å². The molecule has 2 saturated heterocycles. The van der Waals surface area contributed by atoms with Gasteiger partial charge in [-0.1, -0.05) is 18.2 Å². The van der Waals surface area contributed by atoms with Crippen LogP contribution in [0.5, 0.6) is 0 Å². The summed E-state index contributed by atoms with van der Waals surface area (Å²) in [7, 11) is 2.12. The third-order valence-corrected chi connectivity index (χ3v) is 4.74. The standard InChI is InChI=1S/C16H22N4.C4H6O6/c1-19-11-7-10-15(19)18-16(20-12-5-6-13-20)17-14-8-3-2-4-9-14;5-1(3(7)8)2(6)4(9)10/h2-4,8-9H,5-7,10-13H2,1H3;1-2,5-6H,(H,7,8)(H,9,10)/b17-16?,18-15+;/t;1-,2-/m.1/s1. The molecule has 30 heavy (non-hydrogen) atoms. The number of amidine groups is 1. The van der Waals surface area contributed by atoms with Crippen LogP contribution in [0, 0.1) is 0 Å². The number of likely N-dealkylation sites (tertiary alicyclic amines) is 2. The van der Waals surface area contributed by atoms with E-state index >= 15 is 0 Å². The molecule has 0 spiro atoms. The Morgan fingerprint density at radius 1 is 0.933 bits per heavy atom. The molecule has 10 nitrogen and oxygen atoms in total. The average Bonchev–Trinajstić information content (AvgIpc) is 3.40. The van der Waals surface area contributed by atoms with Gasteiger partial charge in [0.25, 0.3) is 0 Å². The van der Waals surface area contributed by atoms with Gasteiger partial charge in [0.1, 0.15) is 5.84 Å². The summed E-state index contributed by atoms with van der Waals surface area (Å²) in [6.45, 7) is 3.26. The van der Waals surface area contributed by atoms with Gasteiger partial charge < -0.3 is 30.2 Å². The molecule has 1 aromatic carbocycles. The van der Waals surface area contributed by atoms with Gasteiger partial charge in [-0.2, -0.15) is 4.99 Å². The van der Waals surface area contributed by atoms with Crippen molar-refractivity contribution >= 4 is 29.4 Å². The van der Waals surface area contributed by atoms with Crippen LogP contribution in [0.3, 0.4) is 0 Å². The first kappa shape index (κ1) is 23.3. The smallest absolute Gasteiger partial charge is 0.335 e. The summed E-state index contributed by atoms with van der Waals surface area (Å²) in [5.74, 6) is -1.48. The number of benzene rings is 1. The number of para-hydroxylation sites is 1. The lowest BCUT2D eigenvalue weighted by atomic mass is 10.2. The number of aliphatic hydroxyl groups excluding tert-OH is 2. The molecule has 2 fully saturated rings. The van der Waals surface area contributed by atoms with Crippen LogP contribution in [0.15, 0.2) is 40.3 Å². The SMILES string of the molecule is CN1CCC/C1=N\C(=Nc1ccccc1)N1CCCC1.O=C(O)[C@H](O)[C@@H](O)C(=O)O. The molecule has 0 radical (unpaired) electrons. The van der Waals surface area contributed by atoms with Gasteiger partial charge in [-0.15, -0.1) is 0 Å². The van der Waals surface area contributed by atoms with Crippen LogP contribution < -0.4 is 0 Å². The second-order valence-corrected chi connectivity index (χ2v) is 7.06. The highest BCUT2D eigenvalue weighted by atomic mass is 16.4. The van der Waals surface area contributed by atoms with E-state index in [1.165, 1.54) is 25.1 Å². The normalized spacial score (nSPS) is 20.0. The van der Waals surface area contributed by atoms with Crippen molar-refractivity contribution in [2.45, 2.75) is 37.9 Å². The summed E-state index contributed by atoms with van der Waals surface area (Å²) in [4.78, 5) is 33.7. The molecule has 10 heteroatoms. The van der Waals surface area contributed by atoms with Gasteiger partial charge in [0.2, 0.25) is 5.96 Å². The molecule has 2 aliphatic heterocycles. The summed E-state index contributed by atoms with van der Waals surface area (Å²) in [6, 6.07) is 10.1. The topological polar surface area (TPSA) is 146 Å². The fraction of sp³-hybridized carbons (Fsp3) is 0.500. The Bertz CT molecular complexity index is 759. The summed E-state index contributed by atoms with van der Waals surface area (Å²) < 4.78 is 0. The number of aliphatic carboxylic acids is 2. The molecule has 0 aromatic heterocycles. The Hall–Kier alpha value is -2.98. The van der Waals surface area contributed by atoms with Gasteiger partial charge in [-0.25, -0.2) is 14.6 Å². The highest BCUT2D eigenvalue weighted by Gasteiger charge is 2.29. The predicted molar refractivity (Wildman–Crippen MR) is 111 cm³/mol. The monoisotopic (exact) mass is 420 g/mol. The zero-order valence-electron chi connectivity index (χ0n) is 16.9. The predicted octanol–water partition coefficient (Wildman–Crippen LogP) is 0.771. The minimum Gasteiger partial charge on any atom is -0.479 e. The van der Waals surface area contributed by atoms with E-state index in [4.69, 9.17) is 30.4 Å². The number of carboxylic acid groups (broad SMARTS) is 2. The molecule has 3 rings (SSSR count). The zero-order chi connectivity index (χ0) is 22.1. The lowest BCUT2D eigenvalue weighted by molar-refractivity contribution is -0.165. The zero-order valence-corrected chi connectivity index (χ0v) is 16.9. The van der Waals surface area contributed by atoms with Gasteiger partial charge in [0.05, 0.1) is 5.69 Å². The van der Waals surface area contributed by atoms with Crippen LogP contribution in [0.25, 0.3) is 0 Å². The second kappa shape index (κ2) is 11.3. The highest BCUT2D eigenvalue weighted by Crippen LogP contribution is 2.17. The number of hydrogen-bond acceptors (Lipinski definition) is 5. The first-order valence-corrected chi connectivity index (χ1v) is 9.78. The lowest BCUT2D eigenvalue weighted by Crippen LogP contribution is -2.39. The molecular weight excluding hydrogens is 392 g/mol. The van der Waals surface area contributed by atoms with Crippen LogP contribution >= 0.6 is 0 Å². The Kier molecular flexibility index (Phi) is 8.75. The number of carbonyl (C=O) groups is 2. The molecule has 164 valence electrons. The molecule has 0 aliphatic carbocycles. The van der Waals surface area contributed by atoms with Crippen LogP contribution in [0.1, 0.15) is 25.7 Å². The molecule has 0 saturated carbocycles. The molecule has 1 aromatic rings. The van der Waals surface area contributed by atoms with Gasteiger partial charge >= 0.3 is 11.9 Å². The van der Waals surface area contributed by atoms with E-state index in [0.29, 0.717) is 0 Å². The first-order chi connectivity index (χ1) is 14.3. The van der Waals surface area contributed by atoms with E-state index in [1.54, 1.807) is 0 Å². The number of aliphatic imine (C=N–C) groups is 2. The third-order valence-electron chi connectivity index (χ3n) is 4.74. The van der Waals surface area contributed by atoms with E-state index in [-0.39, 0.29) is 0 Å². The minimum absolute atomic E-state index is 0.887. The molecule has 0 unspecified atom stereocenters. The van der Waals surface area contributed by atoms with E-state index < -0.39 is 24.1 Å². The number of guanidine groups is 1. The van der Waals surface area contributed by atoms with Crippen molar-refractivity contribution in [2.75, 3.05) is 26.7 Å². The van der Waals surface area contributed by atoms with Crippen molar-refractivity contribution in [1.29, 1.82) is 0 Å². The molecule has 2 aliphatic rings. The quantitative estimate of drug-likeness (QED) is 0.413. The van der Waals surface area contributed by atoms with Gasteiger partial charge in [-0.05, 0) is 31.4 Å². The molecule has 0 amide bonds. The van der Waals surface area contributed by atoms with E-state index in [9.17, 15) is 9.59 Å². The summed E-state index contributed by atoms with van der Waals surface area (Å²) in [5.41, 5.74) is 0.986. The molecule has 4 N–H and O–H groups in total. The number of rotatable bonds is 4. The molecule has 0 bridgehead atoms. The van der Waals surface area contributed by atoms with Crippen molar-refractivity contribution in [3.05, 3.63) is 30.3 Å². The van der Waals surface area contributed by atoms with Crippen molar-refractivity contribution < 1.29 is 30.0 Å². The van der Waals surface area contributed by atoms with Crippen molar-refractivity contribution in [3.8, 4) is 0 Å². The summed E-state index contributed by atoms with van der Waals surface area (Å²) >= 11 is 0. The van der Waals surface area contributed by atoms with E-state index in [2.05, 4.69) is 16.8 Å². The largest absolute Gasteiger partial charge is 0.479 e. The second-order valence-electron chi connectivity index (χ2n) is 7.06. The van der Waals surface area contributed by atoms with Crippen molar-refractivity contribution in [3.63, 3.8) is 0 Å². The fourth-order valence-corrected chi connectivity index (χ4v) is 3.02. The van der Waals surface area contributed by atoms with E-state index in [1.807, 2.05) is 30.3 Å². The van der Waals surface area contributed by atoms with Crippen molar-refractivity contribution in [2.24, 2.45) is 9.98 Å². The third kappa shape index (κ3) is 6.82. The minimum atomic E-state index is -2.27. The Balaban J connectivity index is 0.000000274. The number of nitrogens with zero attached hydrogens (tertiary/aromatic N) is 4. The van der Waals surface area contributed by atoms with Crippen LogP contribution in [0.4, 0.5) is 5.69 Å². The summed E-state index contributed by atoms with van der Waals surface area (Å²) in [6.07, 6.45) is 0.227. The van der Waals surface area contributed by atoms with Gasteiger partial charge in [0.15, 0.2) is 12.2 Å². The Morgan fingerprint density at radius 2 is 1.50 bits per heavy atom. The maximum Gasteiger partial charge on any atom is 0.335 e. The number of aliphatic hydroxyl groups is 2. The van der Waals surface area contributed by atoms with Crippen LogP contribution in [-0.4, -0.2) is 92.8 Å². The van der Waals surface area contributed by atoms with Gasteiger partial charge in [0, 0.05) is 33.1 Å². The molecule has 2 heterocycles. The maximum absolute atomic E-state index is 9.77. The fourth-order valence-electron chi connectivity index (χ4n) is 3.02. The molecular formula is C20H28N4O6. The lowest BCUT2D eigenvalue weighted by Gasteiger charge is -2.19. The Morgan fingerprint density at radius 3 is 1.97 bits per heavy atom. The highest BCUT2D eigenvalue weighted by molar-refractivity contribution is 5.97. The maximum atomic E-state index is 9.77. The van der Waals surface area contributed by atoms with Crippen molar-refractivity contribution in [1.82, 2.24) is 9.80 Å². The number of carboxylic acids is 2. The average molecular weight is 420 g/mol. The van der Waals surface area contributed by atoms with Crippen LogP contribution in [-0.2, 0) is 9.59 Å². The number of hydrogen-bond donors (Lipinski definition) is 4. The van der Waals surface area contributed by atoms with Crippen LogP contribution in [0.2, 0.25) is 0 Å². The first-order valence-electron chi connectivity index (χ1n) is 9.78. The molecule has 2 atom stereocenters.